The first kappa shape index (κ1) is 8.49. The summed E-state index contributed by atoms with van der Waals surface area (Å²) < 4.78 is 0. The van der Waals surface area contributed by atoms with Crippen LogP contribution in [0.25, 0.3) is 5.70 Å². The zero-order chi connectivity index (χ0) is 9.97. The van der Waals surface area contributed by atoms with Gasteiger partial charge < -0.3 is 5.11 Å². The van der Waals surface area contributed by atoms with Gasteiger partial charge in [0.25, 0.3) is 0 Å². The van der Waals surface area contributed by atoms with Crippen LogP contribution in [0.3, 0.4) is 0 Å². The second kappa shape index (κ2) is 3.33. The fourth-order valence-corrected chi connectivity index (χ4v) is 0.956. The van der Waals surface area contributed by atoms with Crippen molar-refractivity contribution in [3.05, 3.63) is 36.4 Å². The average Bonchev–Trinajstić information content (AvgIpc) is 2.68. The Balaban J connectivity index is 2.28. The fraction of sp³-hybridized carbons (Fsp3) is 0. The highest BCUT2D eigenvalue weighted by Gasteiger charge is 2.22. The summed E-state index contributed by atoms with van der Waals surface area (Å²) in [4.78, 5) is 18.3. The van der Waals surface area contributed by atoms with Crippen LogP contribution in [0.2, 0.25) is 0 Å². The summed E-state index contributed by atoms with van der Waals surface area (Å²) in [5.41, 5.74) is 0.919. The van der Waals surface area contributed by atoms with Gasteiger partial charge in [0, 0.05) is 12.4 Å². The third-order valence-electron chi connectivity index (χ3n) is 1.58. The molecule has 0 unspecified atom stereocenters. The Kier molecular flexibility index (Phi) is 2.02. The molecule has 1 N–H and O–H groups in total. The van der Waals surface area contributed by atoms with E-state index in [4.69, 9.17) is 5.11 Å². The summed E-state index contributed by atoms with van der Waals surface area (Å²) in [6.07, 6.45) is 5.88. The highest BCUT2D eigenvalue weighted by atomic mass is 16.4. The van der Waals surface area contributed by atoms with E-state index < -0.39 is 5.97 Å². The Labute approximate surface area is 79.0 Å². The molecule has 6 heteroatoms. The lowest BCUT2D eigenvalue weighted by atomic mass is 10.2. The van der Waals surface area contributed by atoms with E-state index in [9.17, 15) is 4.79 Å². The van der Waals surface area contributed by atoms with Gasteiger partial charge in [0.2, 0.25) is 6.04 Å². The molecule has 1 aliphatic heterocycles. The highest BCUT2D eigenvalue weighted by molar-refractivity contribution is 5.89. The van der Waals surface area contributed by atoms with Crippen LogP contribution < -0.4 is 0 Å². The third kappa shape index (κ3) is 1.49. The molecule has 1 aliphatic rings. The van der Waals surface area contributed by atoms with Crippen molar-refractivity contribution >= 4 is 11.7 Å². The van der Waals surface area contributed by atoms with Gasteiger partial charge in [-0.1, -0.05) is 0 Å². The number of azo groups is 1. The molecule has 2 rings (SSSR count). The first-order valence-corrected chi connectivity index (χ1v) is 3.77. The van der Waals surface area contributed by atoms with Crippen LogP contribution in [0.1, 0.15) is 5.69 Å². The number of hydrogen-bond acceptors (Lipinski definition) is 5. The molecule has 0 spiro atoms. The van der Waals surface area contributed by atoms with Crippen molar-refractivity contribution < 1.29 is 9.90 Å². The van der Waals surface area contributed by atoms with Crippen molar-refractivity contribution in [2.24, 2.45) is 10.2 Å². The van der Waals surface area contributed by atoms with E-state index >= 15 is 0 Å². The zero-order valence-electron chi connectivity index (χ0n) is 6.95. The van der Waals surface area contributed by atoms with Gasteiger partial charge >= 0.3 is 5.97 Å². The van der Waals surface area contributed by atoms with Crippen molar-refractivity contribution in [2.45, 2.75) is 0 Å². The van der Waals surface area contributed by atoms with Gasteiger partial charge in [0.15, 0.2) is 0 Å². The maximum atomic E-state index is 10.5. The molecule has 1 aromatic heterocycles. The molecule has 0 saturated carbocycles. The van der Waals surface area contributed by atoms with E-state index in [2.05, 4.69) is 20.2 Å². The second-order valence-corrected chi connectivity index (χ2v) is 2.51. The SMILES string of the molecule is O=C(O)[C]1C=C(c2cnccn2)N=N1. The van der Waals surface area contributed by atoms with Crippen molar-refractivity contribution in [3.8, 4) is 0 Å². The second-order valence-electron chi connectivity index (χ2n) is 2.51. The normalized spacial score (nSPS) is 15.6. The number of aliphatic carboxylic acids is 1. The molecule has 1 radical (unpaired) electrons. The van der Waals surface area contributed by atoms with E-state index in [1.165, 1.54) is 24.7 Å². The smallest absolute Gasteiger partial charge is 0.341 e. The van der Waals surface area contributed by atoms with Crippen LogP contribution in [0.5, 0.6) is 0 Å². The Morgan fingerprint density at radius 2 is 2.14 bits per heavy atom. The number of carbonyl (C=O) groups is 1. The molecule has 0 aromatic carbocycles. The highest BCUT2D eigenvalue weighted by Crippen LogP contribution is 2.24. The van der Waals surface area contributed by atoms with E-state index in [0.717, 1.165) is 0 Å². The molecule has 0 amide bonds. The molecule has 69 valence electrons. The molecule has 14 heavy (non-hydrogen) atoms. The van der Waals surface area contributed by atoms with Gasteiger partial charge in [-0.15, -0.1) is 0 Å². The van der Waals surface area contributed by atoms with E-state index in [0.29, 0.717) is 11.4 Å². The van der Waals surface area contributed by atoms with Crippen LogP contribution in [0.4, 0.5) is 0 Å². The topological polar surface area (TPSA) is 87.8 Å². The molecule has 2 heterocycles. The Hall–Kier alpha value is -2.11. The molecule has 6 nitrogen and oxygen atoms in total. The van der Waals surface area contributed by atoms with Gasteiger partial charge in [-0.25, -0.2) is 4.79 Å². The number of rotatable bonds is 2. The van der Waals surface area contributed by atoms with Crippen LogP contribution in [-0.4, -0.2) is 21.0 Å². The van der Waals surface area contributed by atoms with E-state index in [-0.39, 0.29) is 6.04 Å². The summed E-state index contributed by atoms with van der Waals surface area (Å²) in [6, 6.07) is -0.0920. The van der Waals surface area contributed by atoms with E-state index in [1.807, 2.05) is 0 Å². The Morgan fingerprint density at radius 1 is 1.29 bits per heavy atom. The average molecular weight is 189 g/mol. The Morgan fingerprint density at radius 3 is 2.71 bits per heavy atom. The quantitative estimate of drug-likeness (QED) is 0.748. The minimum Gasteiger partial charge on any atom is -0.479 e. The van der Waals surface area contributed by atoms with E-state index in [1.54, 1.807) is 0 Å². The monoisotopic (exact) mass is 189 g/mol. The minimum absolute atomic E-state index is 0.0920. The summed E-state index contributed by atoms with van der Waals surface area (Å²) in [5.74, 6) is -1.10. The molecule has 1 aromatic rings. The van der Waals surface area contributed by atoms with Crippen LogP contribution in [0, 0.1) is 6.04 Å². The van der Waals surface area contributed by atoms with Crippen LogP contribution in [0.15, 0.2) is 34.9 Å². The lowest BCUT2D eigenvalue weighted by molar-refractivity contribution is -0.134. The molecule has 0 fully saturated rings. The number of carboxylic acids is 1. The fourth-order valence-electron chi connectivity index (χ4n) is 0.956. The summed E-state index contributed by atoms with van der Waals surface area (Å²) in [6.45, 7) is 0. The maximum absolute atomic E-state index is 10.5. The van der Waals surface area contributed by atoms with Gasteiger partial charge in [-0.2, -0.15) is 10.2 Å². The largest absolute Gasteiger partial charge is 0.479 e. The number of hydrogen-bond donors (Lipinski definition) is 1. The predicted octanol–water partition coefficient (Wildman–Crippen LogP) is 0.900. The first-order chi connectivity index (χ1) is 6.77. The van der Waals surface area contributed by atoms with Gasteiger partial charge in [-0.05, 0) is 6.08 Å². The number of carboxylic acid groups (broad SMARTS) is 1. The van der Waals surface area contributed by atoms with Crippen molar-refractivity contribution in [3.63, 3.8) is 0 Å². The first-order valence-electron chi connectivity index (χ1n) is 3.77. The van der Waals surface area contributed by atoms with Crippen molar-refractivity contribution in [1.29, 1.82) is 0 Å². The van der Waals surface area contributed by atoms with Crippen molar-refractivity contribution in [1.82, 2.24) is 9.97 Å². The predicted molar refractivity (Wildman–Crippen MR) is 45.7 cm³/mol. The van der Waals surface area contributed by atoms with Crippen LogP contribution >= 0.6 is 0 Å². The summed E-state index contributed by atoms with van der Waals surface area (Å²) >= 11 is 0. The molecule has 0 atom stereocenters. The molecule has 0 bridgehead atoms. The molecular formula is C8H5N4O2. The number of nitrogens with zero attached hydrogens (tertiary/aromatic N) is 4. The zero-order valence-corrected chi connectivity index (χ0v) is 6.95. The van der Waals surface area contributed by atoms with Gasteiger partial charge in [-0.3, -0.25) is 9.97 Å². The summed E-state index contributed by atoms with van der Waals surface area (Å²) in [7, 11) is 0. The number of aromatic nitrogens is 2. The Bertz CT molecular complexity index is 413. The lowest BCUT2D eigenvalue weighted by Gasteiger charge is -1.92. The standard InChI is InChI=1S/C8H5N4O2/c13-8(14)6-3-5(11-12-6)7-4-9-1-2-10-7/h1-4H,(H,13,14). The lowest BCUT2D eigenvalue weighted by Crippen LogP contribution is -2.02. The molecular weight excluding hydrogens is 184 g/mol. The van der Waals surface area contributed by atoms with Crippen molar-refractivity contribution in [2.75, 3.05) is 0 Å². The minimum atomic E-state index is -1.10. The van der Waals surface area contributed by atoms with Gasteiger partial charge in [0.05, 0.1) is 6.20 Å². The third-order valence-corrected chi connectivity index (χ3v) is 1.58. The summed E-state index contributed by atoms with van der Waals surface area (Å²) in [5, 5.41) is 15.8. The van der Waals surface area contributed by atoms with Crippen LogP contribution in [-0.2, 0) is 4.79 Å². The maximum Gasteiger partial charge on any atom is 0.341 e. The molecule has 0 saturated heterocycles. The molecule has 0 aliphatic carbocycles. The van der Waals surface area contributed by atoms with Gasteiger partial charge in [0.1, 0.15) is 11.4 Å².